The lowest BCUT2D eigenvalue weighted by atomic mass is 10.2. The molecule has 2 N–H and O–H groups in total. The van der Waals surface area contributed by atoms with Gasteiger partial charge >= 0.3 is 0 Å². The number of nitrogens with zero attached hydrogens (tertiary/aromatic N) is 2. The molecular formula is C9H8ClN3. The molecule has 2 aromatic rings. The second kappa shape index (κ2) is 3.28. The smallest absolute Gasteiger partial charge is 0.223 e. The van der Waals surface area contributed by atoms with E-state index >= 15 is 0 Å². The van der Waals surface area contributed by atoms with Gasteiger partial charge in [-0.05, 0) is 17.7 Å². The van der Waals surface area contributed by atoms with Crippen LogP contribution in [0.2, 0.25) is 5.28 Å². The lowest BCUT2D eigenvalue weighted by molar-refractivity contribution is 0.991. The van der Waals surface area contributed by atoms with Crippen LogP contribution in [0, 0.1) is 0 Å². The Bertz CT molecular complexity index is 442. The molecule has 13 heavy (non-hydrogen) atoms. The predicted molar refractivity (Wildman–Crippen MR) is 52.4 cm³/mol. The molecule has 0 radical (unpaired) electrons. The summed E-state index contributed by atoms with van der Waals surface area (Å²) in [6, 6.07) is 7.67. The van der Waals surface area contributed by atoms with Crippen LogP contribution in [0.4, 0.5) is 0 Å². The summed E-state index contributed by atoms with van der Waals surface area (Å²) < 4.78 is 0. The first kappa shape index (κ1) is 8.41. The van der Waals surface area contributed by atoms with Crippen molar-refractivity contribution >= 4 is 22.5 Å². The average molecular weight is 194 g/mol. The minimum Gasteiger partial charge on any atom is -0.325 e. The van der Waals surface area contributed by atoms with Gasteiger partial charge in [0.2, 0.25) is 5.28 Å². The number of nitrogens with two attached hydrogens (primary N) is 1. The molecule has 0 unspecified atom stereocenters. The Kier molecular flexibility index (Phi) is 2.12. The molecule has 0 spiro atoms. The lowest BCUT2D eigenvalue weighted by Crippen LogP contribution is -2.02. The Morgan fingerprint density at radius 2 is 2.00 bits per heavy atom. The highest BCUT2D eigenvalue weighted by molar-refractivity contribution is 6.28. The van der Waals surface area contributed by atoms with Gasteiger partial charge in [0, 0.05) is 11.9 Å². The summed E-state index contributed by atoms with van der Waals surface area (Å²) in [5.74, 6) is 0. The molecule has 2 rings (SSSR count). The van der Waals surface area contributed by atoms with E-state index in [1.54, 1.807) is 0 Å². The third-order valence-corrected chi connectivity index (χ3v) is 2.02. The van der Waals surface area contributed by atoms with Crippen molar-refractivity contribution < 1.29 is 0 Å². The minimum absolute atomic E-state index is 0.249. The largest absolute Gasteiger partial charge is 0.325 e. The summed E-state index contributed by atoms with van der Waals surface area (Å²) in [4.78, 5) is 8.13. The number of hydrogen-bond acceptors (Lipinski definition) is 3. The van der Waals surface area contributed by atoms with Crippen molar-refractivity contribution in [3.63, 3.8) is 0 Å². The highest BCUT2D eigenvalue weighted by Gasteiger charge is 2.03. The van der Waals surface area contributed by atoms with Crippen molar-refractivity contribution in [2.24, 2.45) is 5.73 Å². The van der Waals surface area contributed by atoms with Crippen LogP contribution in [0.5, 0.6) is 0 Å². The first-order valence-electron chi connectivity index (χ1n) is 3.92. The molecule has 66 valence electrons. The van der Waals surface area contributed by atoms with Crippen LogP contribution in [0.25, 0.3) is 10.9 Å². The van der Waals surface area contributed by atoms with Crippen molar-refractivity contribution in [1.29, 1.82) is 0 Å². The Balaban J connectivity index is 2.81. The van der Waals surface area contributed by atoms with E-state index in [9.17, 15) is 0 Å². The molecule has 0 aliphatic carbocycles. The van der Waals surface area contributed by atoms with Gasteiger partial charge in [-0.2, -0.15) is 0 Å². The molecule has 3 nitrogen and oxygen atoms in total. The minimum atomic E-state index is 0.249. The van der Waals surface area contributed by atoms with Crippen LogP contribution in [-0.2, 0) is 6.54 Å². The molecule has 1 heterocycles. The van der Waals surface area contributed by atoms with E-state index < -0.39 is 0 Å². The normalized spacial score (nSPS) is 10.6. The molecule has 0 aliphatic heterocycles. The van der Waals surface area contributed by atoms with Gasteiger partial charge < -0.3 is 5.73 Å². The van der Waals surface area contributed by atoms with Gasteiger partial charge in [-0.3, -0.25) is 0 Å². The van der Waals surface area contributed by atoms with Crippen molar-refractivity contribution in [2.75, 3.05) is 0 Å². The van der Waals surface area contributed by atoms with E-state index in [0.717, 1.165) is 16.6 Å². The molecule has 0 saturated heterocycles. The standard InChI is InChI=1S/C9H8ClN3/c10-9-12-7-4-2-1-3-6(7)8(5-11)13-9/h1-4H,5,11H2. The first-order chi connectivity index (χ1) is 6.31. The van der Waals surface area contributed by atoms with Crippen LogP contribution >= 0.6 is 11.6 Å². The average Bonchev–Trinajstić information content (AvgIpc) is 2.16. The Morgan fingerprint density at radius 3 is 2.77 bits per heavy atom. The highest BCUT2D eigenvalue weighted by Crippen LogP contribution is 2.16. The second-order valence-electron chi connectivity index (χ2n) is 2.66. The van der Waals surface area contributed by atoms with Gasteiger partial charge in [0.05, 0.1) is 11.2 Å². The number of rotatable bonds is 1. The Hall–Kier alpha value is -1.19. The maximum Gasteiger partial charge on any atom is 0.223 e. The second-order valence-corrected chi connectivity index (χ2v) is 3.00. The van der Waals surface area contributed by atoms with Gasteiger partial charge in [0.25, 0.3) is 0 Å². The first-order valence-corrected chi connectivity index (χ1v) is 4.30. The number of hydrogen-bond donors (Lipinski definition) is 1. The van der Waals surface area contributed by atoms with E-state index in [4.69, 9.17) is 17.3 Å². The number of aromatic nitrogens is 2. The lowest BCUT2D eigenvalue weighted by Gasteiger charge is -2.02. The van der Waals surface area contributed by atoms with Crippen LogP contribution in [0.1, 0.15) is 5.69 Å². The van der Waals surface area contributed by atoms with E-state index in [2.05, 4.69) is 9.97 Å². The van der Waals surface area contributed by atoms with Crippen LogP contribution in [0.3, 0.4) is 0 Å². The van der Waals surface area contributed by atoms with Crippen molar-refractivity contribution in [3.05, 3.63) is 35.2 Å². The summed E-state index contributed by atoms with van der Waals surface area (Å²) >= 11 is 5.72. The zero-order valence-electron chi connectivity index (χ0n) is 6.87. The fourth-order valence-electron chi connectivity index (χ4n) is 1.27. The quantitative estimate of drug-likeness (QED) is 0.702. The topological polar surface area (TPSA) is 51.8 Å². The summed E-state index contributed by atoms with van der Waals surface area (Å²) in [6.07, 6.45) is 0. The van der Waals surface area contributed by atoms with Crippen LogP contribution < -0.4 is 5.73 Å². The van der Waals surface area contributed by atoms with Gasteiger partial charge in [0.1, 0.15) is 0 Å². The van der Waals surface area contributed by atoms with E-state index in [1.807, 2.05) is 24.3 Å². The number of fused-ring (bicyclic) bond motifs is 1. The summed E-state index contributed by atoms with van der Waals surface area (Å²) in [5, 5.41) is 1.22. The Labute approximate surface area is 80.6 Å². The van der Waals surface area contributed by atoms with Crippen molar-refractivity contribution in [2.45, 2.75) is 6.54 Å². The zero-order chi connectivity index (χ0) is 9.26. The third kappa shape index (κ3) is 1.48. The summed E-state index contributed by atoms with van der Waals surface area (Å²) in [5.41, 5.74) is 7.16. The van der Waals surface area contributed by atoms with Gasteiger partial charge in [-0.15, -0.1) is 0 Å². The highest BCUT2D eigenvalue weighted by atomic mass is 35.5. The molecule has 0 amide bonds. The van der Waals surface area contributed by atoms with Gasteiger partial charge in [-0.1, -0.05) is 18.2 Å². The third-order valence-electron chi connectivity index (χ3n) is 1.85. The number of halogens is 1. The fourth-order valence-corrected chi connectivity index (χ4v) is 1.46. The molecule has 0 bridgehead atoms. The molecule has 0 fully saturated rings. The zero-order valence-corrected chi connectivity index (χ0v) is 7.62. The predicted octanol–water partition coefficient (Wildman–Crippen LogP) is 1.74. The van der Waals surface area contributed by atoms with Crippen LogP contribution in [-0.4, -0.2) is 9.97 Å². The SMILES string of the molecule is NCc1nc(Cl)nc2ccccc12. The Morgan fingerprint density at radius 1 is 1.23 bits per heavy atom. The van der Waals surface area contributed by atoms with E-state index in [-0.39, 0.29) is 5.28 Å². The van der Waals surface area contributed by atoms with Gasteiger partial charge in [0.15, 0.2) is 0 Å². The van der Waals surface area contributed by atoms with Crippen molar-refractivity contribution in [1.82, 2.24) is 9.97 Å². The number of benzene rings is 1. The van der Waals surface area contributed by atoms with E-state index in [0.29, 0.717) is 6.54 Å². The maximum atomic E-state index is 5.72. The number of para-hydroxylation sites is 1. The molecule has 4 heteroatoms. The summed E-state index contributed by atoms with van der Waals surface area (Å²) in [6.45, 7) is 0.378. The van der Waals surface area contributed by atoms with Crippen molar-refractivity contribution in [3.8, 4) is 0 Å². The van der Waals surface area contributed by atoms with Crippen LogP contribution in [0.15, 0.2) is 24.3 Å². The van der Waals surface area contributed by atoms with Gasteiger partial charge in [-0.25, -0.2) is 9.97 Å². The molecule has 1 aromatic heterocycles. The maximum absolute atomic E-state index is 5.72. The monoisotopic (exact) mass is 193 g/mol. The fraction of sp³-hybridized carbons (Fsp3) is 0.111. The molecule has 0 saturated carbocycles. The molecule has 0 atom stereocenters. The van der Waals surface area contributed by atoms with E-state index in [1.165, 1.54) is 0 Å². The molecule has 0 aliphatic rings. The summed E-state index contributed by atoms with van der Waals surface area (Å²) in [7, 11) is 0. The molecule has 1 aromatic carbocycles. The molecular weight excluding hydrogens is 186 g/mol.